The summed E-state index contributed by atoms with van der Waals surface area (Å²) in [5.74, 6) is 1.94. The summed E-state index contributed by atoms with van der Waals surface area (Å²) >= 11 is 3.51. The maximum Gasteiger partial charge on any atom is 0.191 e. The van der Waals surface area contributed by atoms with Crippen molar-refractivity contribution in [3.8, 4) is 0 Å². The van der Waals surface area contributed by atoms with Crippen molar-refractivity contribution in [2.45, 2.75) is 18.9 Å². The topological polar surface area (TPSA) is 56.7 Å². The average molecular weight is 352 g/mol. The SMILES string of the molecule is CN=C(NCCCCSC)NCC(O)c1cc2ccccc2s1. The second kappa shape index (κ2) is 9.80. The molecule has 2 aromatic rings. The first-order chi connectivity index (χ1) is 11.2. The lowest BCUT2D eigenvalue weighted by Gasteiger charge is -2.14. The predicted molar refractivity (Wildman–Crippen MR) is 104 cm³/mol. The minimum absolute atomic E-state index is 0.456. The Morgan fingerprint density at radius 3 is 2.87 bits per heavy atom. The first kappa shape index (κ1) is 18.1. The van der Waals surface area contributed by atoms with Crippen LogP contribution in [-0.2, 0) is 0 Å². The molecule has 0 saturated carbocycles. The number of hydrogen-bond acceptors (Lipinski definition) is 4. The van der Waals surface area contributed by atoms with Crippen LogP contribution in [0.3, 0.4) is 0 Å². The zero-order valence-electron chi connectivity index (χ0n) is 13.7. The lowest BCUT2D eigenvalue weighted by atomic mass is 10.2. The third kappa shape index (κ3) is 5.71. The van der Waals surface area contributed by atoms with E-state index in [-0.39, 0.29) is 0 Å². The number of rotatable bonds is 8. The summed E-state index contributed by atoms with van der Waals surface area (Å²) in [4.78, 5) is 5.18. The molecule has 0 fully saturated rings. The number of aliphatic hydroxyl groups excluding tert-OH is 1. The Labute approximate surface area is 146 Å². The van der Waals surface area contributed by atoms with E-state index in [0.29, 0.717) is 6.54 Å². The van der Waals surface area contributed by atoms with Gasteiger partial charge in [0.2, 0.25) is 0 Å². The minimum Gasteiger partial charge on any atom is -0.386 e. The number of thiophene rings is 1. The molecular weight excluding hydrogens is 326 g/mol. The Hall–Kier alpha value is -1.24. The number of nitrogens with one attached hydrogen (secondary N) is 2. The van der Waals surface area contributed by atoms with Gasteiger partial charge in [-0.15, -0.1) is 11.3 Å². The van der Waals surface area contributed by atoms with Crippen molar-refractivity contribution in [3.63, 3.8) is 0 Å². The summed E-state index contributed by atoms with van der Waals surface area (Å²) in [6, 6.07) is 10.3. The molecule has 1 heterocycles. The molecule has 0 aliphatic carbocycles. The molecule has 2 rings (SSSR count). The van der Waals surface area contributed by atoms with Crippen molar-refractivity contribution in [2.24, 2.45) is 4.99 Å². The number of aliphatic imine (C=N–C) groups is 1. The summed E-state index contributed by atoms with van der Waals surface area (Å²) in [6.07, 6.45) is 3.93. The summed E-state index contributed by atoms with van der Waals surface area (Å²) in [6.45, 7) is 1.36. The number of thioether (sulfide) groups is 1. The zero-order chi connectivity index (χ0) is 16.5. The fraction of sp³-hybridized carbons (Fsp3) is 0.471. The van der Waals surface area contributed by atoms with E-state index in [0.717, 1.165) is 23.8 Å². The van der Waals surface area contributed by atoms with Gasteiger partial charge in [0.1, 0.15) is 6.10 Å². The smallest absolute Gasteiger partial charge is 0.191 e. The van der Waals surface area contributed by atoms with E-state index in [1.807, 2.05) is 23.9 Å². The Bertz CT molecular complexity index is 594. The van der Waals surface area contributed by atoms with E-state index in [1.54, 1.807) is 18.4 Å². The summed E-state index contributed by atoms with van der Waals surface area (Å²) in [5, 5.41) is 18.0. The number of hydrogen-bond donors (Lipinski definition) is 3. The lowest BCUT2D eigenvalue weighted by molar-refractivity contribution is 0.184. The molecular formula is C17H25N3OS2. The Morgan fingerprint density at radius 1 is 1.30 bits per heavy atom. The van der Waals surface area contributed by atoms with Crippen LogP contribution < -0.4 is 10.6 Å². The first-order valence-electron chi connectivity index (χ1n) is 7.84. The van der Waals surface area contributed by atoms with Crippen LogP contribution in [0.5, 0.6) is 0 Å². The molecule has 0 saturated heterocycles. The molecule has 0 spiro atoms. The number of unbranched alkanes of at least 4 members (excludes halogenated alkanes) is 1. The van der Waals surface area contributed by atoms with Gasteiger partial charge in [0, 0.05) is 29.7 Å². The van der Waals surface area contributed by atoms with Crippen LogP contribution in [0.25, 0.3) is 10.1 Å². The highest BCUT2D eigenvalue weighted by Gasteiger charge is 2.11. The van der Waals surface area contributed by atoms with Gasteiger partial charge in [-0.25, -0.2) is 0 Å². The van der Waals surface area contributed by atoms with Crippen LogP contribution in [0.4, 0.5) is 0 Å². The van der Waals surface area contributed by atoms with Crippen LogP contribution in [0.2, 0.25) is 0 Å². The maximum atomic E-state index is 10.4. The van der Waals surface area contributed by atoms with Crippen molar-refractivity contribution < 1.29 is 5.11 Å². The van der Waals surface area contributed by atoms with Crippen molar-refractivity contribution in [1.29, 1.82) is 0 Å². The fourth-order valence-electron chi connectivity index (χ4n) is 2.26. The molecule has 126 valence electrons. The van der Waals surface area contributed by atoms with Gasteiger partial charge < -0.3 is 15.7 Å². The molecule has 1 aromatic heterocycles. The maximum absolute atomic E-state index is 10.4. The van der Waals surface area contributed by atoms with Gasteiger partial charge >= 0.3 is 0 Å². The number of nitrogens with zero attached hydrogens (tertiary/aromatic N) is 1. The normalized spacial score (nSPS) is 13.3. The molecule has 1 aromatic carbocycles. The van der Waals surface area contributed by atoms with Crippen LogP contribution >= 0.6 is 23.1 Å². The Kier molecular flexibility index (Phi) is 7.71. The minimum atomic E-state index is -0.526. The van der Waals surface area contributed by atoms with E-state index in [1.165, 1.54) is 22.3 Å². The van der Waals surface area contributed by atoms with E-state index < -0.39 is 6.10 Å². The number of aliphatic hydroxyl groups is 1. The Balaban J connectivity index is 1.79. The third-order valence-corrected chi connectivity index (χ3v) is 5.44. The van der Waals surface area contributed by atoms with Crippen LogP contribution in [-0.4, -0.2) is 43.2 Å². The highest BCUT2D eigenvalue weighted by Crippen LogP contribution is 2.29. The molecule has 0 bridgehead atoms. The molecule has 23 heavy (non-hydrogen) atoms. The van der Waals surface area contributed by atoms with Crippen LogP contribution in [0, 0.1) is 0 Å². The van der Waals surface area contributed by atoms with E-state index in [4.69, 9.17) is 0 Å². The van der Waals surface area contributed by atoms with Gasteiger partial charge in [-0.3, -0.25) is 4.99 Å². The molecule has 3 N–H and O–H groups in total. The number of fused-ring (bicyclic) bond motifs is 1. The molecule has 0 amide bonds. The molecule has 0 radical (unpaired) electrons. The van der Waals surface area contributed by atoms with E-state index in [2.05, 4.69) is 40.1 Å². The van der Waals surface area contributed by atoms with Gasteiger partial charge in [-0.1, -0.05) is 18.2 Å². The van der Waals surface area contributed by atoms with E-state index in [9.17, 15) is 5.11 Å². The van der Waals surface area contributed by atoms with Crippen molar-refractivity contribution >= 4 is 39.1 Å². The quantitative estimate of drug-likeness (QED) is 0.388. The molecule has 0 aliphatic heterocycles. The van der Waals surface area contributed by atoms with Gasteiger partial charge in [0.05, 0.1) is 0 Å². The van der Waals surface area contributed by atoms with Gasteiger partial charge in [0.15, 0.2) is 5.96 Å². The van der Waals surface area contributed by atoms with Gasteiger partial charge in [-0.05, 0) is 42.4 Å². The average Bonchev–Trinajstić information content (AvgIpc) is 3.01. The largest absolute Gasteiger partial charge is 0.386 e. The Morgan fingerprint density at radius 2 is 2.13 bits per heavy atom. The molecule has 0 aliphatic rings. The lowest BCUT2D eigenvalue weighted by Crippen LogP contribution is -2.39. The van der Waals surface area contributed by atoms with Gasteiger partial charge in [-0.2, -0.15) is 11.8 Å². The first-order valence-corrected chi connectivity index (χ1v) is 10.1. The van der Waals surface area contributed by atoms with Crippen LogP contribution in [0.15, 0.2) is 35.3 Å². The van der Waals surface area contributed by atoms with Crippen LogP contribution in [0.1, 0.15) is 23.8 Å². The molecule has 1 atom stereocenters. The molecule has 6 heteroatoms. The highest BCUT2D eigenvalue weighted by molar-refractivity contribution is 7.98. The number of guanidine groups is 1. The summed E-state index contributed by atoms with van der Waals surface area (Å²) < 4.78 is 1.21. The van der Waals surface area contributed by atoms with Crippen molar-refractivity contribution in [3.05, 3.63) is 35.2 Å². The predicted octanol–water partition coefficient (Wildman–Crippen LogP) is 3.24. The third-order valence-electron chi connectivity index (χ3n) is 3.53. The van der Waals surface area contributed by atoms with Gasteiger partial charge in [0.25, 0.3) is 0 Å². The van der Waals surface area contributed by atoms with Crippen molar-refractivity contribution in [2.75, 3.05) is 32.1 Å². The molecule has 1 unspecified atom stereocenters. The zero-order valence-corrected chi connectivity index (χ0v) is 15.3. The monoisotopic (exact) mass is 351 g/mol. The fourth-order valence-corrected chi connectivity index (χ4v) is 3.80. The summed E-state index contributed by atoms with van der Waals surface area (Å²) in [7, 11) is 1.75. The number of benzene rings is 1. The standard InChI is InChI=1S/C17H25N3OS2/c1-18-17(19-9-5-6-10-22-2)20-12-14(21)16-11-13-7-3-4-8-15(13)23-16/h3-4,7-8,11,14,21H,5-6,9-10,12H2,1-2H3,(H2,18,19,20). The second-order valence-corrected chi connectivity index (χ2v) is 7.38. The summed E-state index contributed by atoms with van der Waals surface area (Å²) in [5.41, 5.74) is 0. The second-order valence-electron chi connectivity index (χ2n) is 5.28. The van der Waals surface area contributed by atoms with E-state index >= 15 is 0 Å². The highest BCUT2D eigenvalue weighted by atomic mass is 32.2. The molecule has 4 nitrogen and oxygen atoms in total. The van der Waals surface area contributed by atoms with Crippen molar-refractivity contribution in [1.82, 2.24) is 10.6 Å².